The fourth-order valence-corrected chi connectivity index (χ4v) is 1.24. The predicted octanol–water partition coefficient (Wildman–Crippen LogP) is -1.05. The van der Waals surface area contributed by atoms with Gasteiger partial charge in [-0.3, -0.25) is 10.1 Å². The summed E-state index contributed by atoms with van der Waals surface area (Å²) in [5.74, 6) is -0.938. The molecule has 0 aromatic heterocycles. The summed E-state index contributed by atoms with van der Waals surface area (Å²) in [5.41, 5.74) is 5.03. The minimum atomic E-state index is -0.810. The van der Waals surface area contributed by atoms with Gasteiger partial charge in [0.05, 0.1) is 5.92 Å². The Morgan fingerprint density at radius 3 is 2.73 bits per heavy atom. The van der Waals surface area contributed by atoms with Crippen LogP contribution in [0.25, 0.3) is 0 Å². The van der Waals surface area contributed by atoms with E-state index in [2.05, 4.69) is 11.9 Å². The fraction of sp³-hybridized carbons (Fsp3) is 0.571. The third-order valence-corrected chi connectivity index (χ3v) is 1.92. The first kappa shape index (κ1) is 8.23. The lowest BCUT2D eigenvalue weighted by Gasteiger charge is -2.07. The summed E-state index contributed by atoms with van der Waals surface area (Å²) in [7, 11) is 0. The van der Waals surface area contributed by atoms with E-state index >= 15 is 0 Å². The van der Waals surface area contributed by atoms with E-state index in [1.165, 1.54) is 0 Å². The Balaban J connectivity index is 2.58. The maximum absolute atomic E-state index is 10.7. The van der Waals surface area contributed by atoms with Crippen LogP contribution in [0.2, 0.25) is 0 Å². The summed E-state index contributed by atoms with van der Waals surface area (Å²) in [4.78, 5) is 10.7. The van der Waals surface area contributed by atoms with Gasteiger partial charge in [0, 0.05) is 6.04 Å². The smallest absolute Gasteiger partial charge is 0.224 e. The van der Waals surface area contributed by atoms with E-state index in [9.17, 15) is 9.90 Å². The van der Waals surface area contributed by atoms with Crippen molar-refractivity contribution in [3.63, 3.8) is 0 Å². The highest BCUT2D eigenvalue weighted by molar-refractivity contribution is 5.77. The van der Waals surface area contributed by atoms with Gasteiger partial charge in [0.25, 0.3) is 0 Å². The van der Waals surface area contributed by atoms with E-state index in [0.717, 1.165) is 0 Å². The third-order valence-electron chi connectivity index (χ3n) is 1.92. The van der Waals surface area contributed by atoms with Gasteiger partial charge in [0.15, 0.2) is 0 Å². The predicted molar refractivity (Wildman–Crippen MR) is 40.4 cm³/mol. The van der Waals surface area contributed by atoms with E-state index in [0.29, 0.717) is 6.42 Å². The molecule has 1 aliphatic heterocycles. The Kier molecular flexibility index (Phi) is 2.26. The van der Waals surface area contributed by atoms with Gasteiger partial charge in [-0.25, -0.2) is 0 Å². The second kappa shape index (κ2) is 3.02. The molecule has 4 heteroatoms. The van der Waals surface area contributed by atoms with Crippen LogP contribution in [0.1, 0.15) is 6.42 Å². The van der Waals surface area contributed by atoms with Crippen LogP contribution in [-0.4, -0.2) is 23.3 Å². The summed E-state index contributed by atoms with van der Waals surface area (Å²) >= 11 is 0. The van der Waals surface area contributed by atoms with Crippen molar-refractivity contribution in [2.45, 2.75) is 18.7 Å². The molecule has 0 aliphatic carbocycles. The number of primary amides is 1. The Bertz CT molecular complexity index is 181. The van der Waals surface area contributed by atoms with E-state index in [-0.39, 0.29) is 6.04 Å². The minimum Gasteiger partial charge on any atom is -0.378 e. The van der Waals surface area contributed by atoms with Crippen LogP contribution in [0.15, 0.2) is 12.7 Å². The molecule has 0 aromatic rings. The number of rotatable bonds is 2. The van der Waals surface area contributed by atoms with Crippen LogP contribution >= 0.6 is 0 Å². The highest BCUT2D eigenvalue weighted by atomic mass is 16.3. The van der Waals surface area contributed by atoms with Gasteiger partial charge < -0.3 is 10.8 Å². The maximum Gasteiger partial charge on any atom is 0.224 e. The quantitative estimate of drug-likeness (QED) is 0.447. The fourth-order valence-electron chi connectivity index (χ4n) is 1.24. The van der Waals surface area contributed by atoms with E-state index in [4.69, 9.17) is 5.73 Å². The standard InChI is InChI=1S/C7H12N2O2/c1-2-4-3-5(6(8)10)7(11)9-4/h2,4-5,7,9,11H,1,3H2,(H2,8,10). The zero-order chi connectivity index (χ0) is 8.43. The molecule has 11 heavy (non-hydrogen) atoms. The molecule has 0 aromatic carbocycles. The molecule has 3 unspecified atom stereocenters. The van der Waals surface area contributed by atoms with Gasteiger partial charge in [-0.15, -0.1) is 6.58 Å². The molecule has 62 valence electrons. The molecule has 0 bridgehead atoms. The molecule has 3 atom stereocenters. The first-order valence-electron chi connectivity index (χ1n) is 3.51. The van der Waals surface area contributed by atoms with Crippen LogP contribution < -0.4 is 11.1 Å². The molecular weight excluding hydrogens is 144 g/mol. The molecular formula is C7H12N2O2. The number of hydrogen-bond acceptors (Lipinski definition) is 3. The van der Waals surface area contributed by atoms with Crippen molar-refractivity contribution in [2.24, 2.45) is 11.7 Å². The molecule has 1 amide bonds. The molecule has 1 heterocycles. The molecule has 4 nitrogen and oxygen atoms in total. The number of aliphatic hydroxyl groups is 1. The van der Waals surface area contributed by atoms with Crippen molar-refractivity contribution >= 4 is 5.91 Å². The van der Waals surface area contributed by atoms with Crippen LogP contribution in [-0.2, 0) is 4.79 Å². The number of aliphatic hydroxyl groups excluding tert-OH is 1. The number of hydrogen-bond donors (Lipinski definition) is 3. The topological polar surface area (TPSA) is 75.4 Å². The summed E-state index contributed by atoms with van der Waals surface area (Å²) < 4.78 is 0. The summed E-state index contributed by atoms with van der Waals surface area (Å²) in [6, 6.07) is 0.00231. The zero-order valence-corrected chi connectivity index (χ0v) is 6.16. The van der Waals surface area contributed by atoms with Gasteiger partial charge in [-0.2, -0.15) is 0 Å². The molecule has 0 saturated carbocycles. The largest absolute Gasteiger partial charge is 0.378 e. The van der Waals surface area contributed by atoms with E-state index < -0.39 is 18.1 Å². The molecule has 0 spiro atoms. The van der Waals surface area contributed by atoms with Gasteiger partial charge in [-0.1, -0.05) is 6.08 Å². The summed E-state index contributed by atoms with van der Waals surface area (Å²) in [5, 5.41) is 12.0. The zero-order valence-electron chi connectivity index (χ0n) is 6.16. The van der Waals surface area contributed by atoms with Crippen molar-refractivity contribution in [1.82, 2.24) is 5.32 Å². The van der Waals surface area contributed by atoms with Crippen molar-refractivity contribution in [1.29, 1.82) is 0 Å². The Hall–Kier alpha value is -0.870. The average Bonchev–Trinajstić information content (AvgIpc) is 2.30. The number of nitrogens with two attached hydrogens (primary N) is 1. The van der Waals surface area contributed by atoms with Crippen molar-refractivity contribution in [2.75, 3.05) is 0 Å². The Morgan fingerprint density at radius 1 is 1.82 bits per heavy atom. The lowest BCUT2D eigenvalue weighted by atomic mass is 10.0. The maximum atomic E-state index is 10.7. The Labute approximate surface area is 65.1 Å². The van der Waals surface area contributed by atoms with Crippen LogP contribution in [0.5, 0.6) is 0 Å². The normalized spacial score (nSPS) is 37.0. The number of nitrogens with one attached hydrogen (secondary N) is 1. The lowest BCUT2D eigenvalue weighted by molar-refractivity contribution is -0.124. The van der Waals surface area contributed by atoms with Crippen LogP contribution in [0.4, 0.5) is 0 Å². The number of carbonyl (C=O) groups excluding carboxylic acids is 1. The summed E-state index contributed by atoms with van der Waals surface area (Å²) in [6.07, 6.45) is 1.39. The molecule has 1 aliphatic rings. The highest BCUT2D eigenvalue weighted by Gasteiger charge is 2.34. The van der Waals surface area contributed by atoms with E-state index in [1.807, 2.05) is 0 Å². The van der Waals surface area contributed by atoms with Crippen molar-refractivity contribution in [3.05, 3.63) is 12.7 Å². The van der Waals surface area contributed by atoms with Gasteiger partial charge in [-0.05, 0) is 6.42 Å². The lowest BCUT2D eigenvalue weighted by Crippen LogP contribution is -2.35. The van der Waals surface area contributed by atoms with Crippen molar-refractivity contribution in [3.8, 4) is 0 Å². The Morgan fingerprint density at radius 2 is 2.45 bits per heavy atom. The SMILES string of the molecule is C=CC1CC(C(N)=O)C(O)N1. The summed E-state index contributed by atoms with van der Waals surface area (Å²) in [6.45, 7) is 3.55. The second-order valence-corrected chi connectivity index (χ2v) is 2.70. The first-order valence-corrected chi connectivity index (χ1v) is 3.51. The van der Waals surface area contributed by atoms with Gasteiger partial charge >= 0.3 is 0 Å². The molecule has 1 saturated heterocycles. The molecule has 1 rings (SSSR count). The van der Waals surface area contributed by atoms with E-state index in [1.54, 1.807) is 6.08 Å². The minimum absolute atomic E-state index is 0.00231. The van der Waals surface area contributed by atoms with Gasteiger partial charge in [0.1, 0.15) is 6.23 Å². The third kappa shape index (κ3) is 1.58. The number of carbonyl (C=O) groups is 1. The van der Waals surface area contributed by atoms with Crippen molar-refractivity contribution < 1.29 is 9.90 Å². The molecule has 1 fully saturated rings. The highest BCUT2D eigenvalue weighted by Crippen LogP contribution is 2.18. The first-order chi connectivity index (χ1) is 5.15. The average molecular weight is 156 g/mol. The number of amides is 1. The monoisotopic (exact) mass is 156 g/mol. The molecule has 4 N–H and O–H groups in total. The van der Waals surface area contributed by atoms with Gasteiger partial charge in [0.2, 0.25) is 5.91 Å². The van der Waals surface area contributed by atoms with Crippen LogP contribution in [0.3, 0.4) is 0 Å². The van der Waals surface area contributed by atoms with Crippen LogP contribution in [0, 0.1) is 5.92 Å². The molecule has 0 radical (unpaired) electrons. The second-order valence-electron chi connectivity index (χ2n) is 2.70.